The summed E-state index contributed by atoms with van der Waals surface area (Å²) in [7, 11) is 0. The Morgan fingerprint density at radius 3 is 2.59 bits per heavy atom. The zero-order chi connectivity index (χ0) is 21.6. The predicted molar refractivity (Wildman–Crippen MR) is 110 cm³/mol. The van der Waals surface area contributed by atoms with E-state index in [2.05, 4.69) is 5.10 Å². The van der Waals surface area contributed by atoms with Crippen molar-refractivity contribution in [2.75, 3.05) is 0 Å². The third-order valence-electron chi connectivity index (χ3n) is 5.01. The number of alkyl halides is 2. The van der Waals surface area contributed by atoms with Gasteiger partial charge in [0.15, 0.2) is 0 Å². The van der Waals surface area contributed by atoms with E-state index in [0.29, 0.717) is 11.6 Å². The summed E-state index contributed by atoms with van der Waals surface area (Å²) in [5.74, 6) is -5.42. The first-order valence-electron chi connectivity index (χ1n) is 9.47. The highest BCUT2D eigenvalue weighted by atomic mass is 35.5. The van der Waals surface area contributed by atoms with Gasteiger partial charge in [0.1, 0.15) is 5.60 Å². The van der Waals surface area contributed by atoms with Gasteiger partial charge in [0, 0.05) is 22.2 Å². The number of ether oxygens (including phenoxy) is 1. The molecule has 1 aliphatic heterocycles. The summed E-state index contributed by atoms with van der Waals surface area (Å²) in [6.45, 7) is 8.88. The molecule has 0 fully saturated rings. The molecule has 2 unspecified atom stereocenters. The maximum atomic E-state index is 14.8. The number of benzene rings is 1. The smallest absolute Gasteiger partial charge is 0.382 e. The second-order valence-corrected chi connectivity index (χ2v) is 8.86. The average molecular weight is 423 g/mol. The number of carbonyl (C=O) groups excluding carboxylic acids is 1. The molecule has 156 valence electrons. The number of aryl methyl sites for hydroxylation is 1. The fourth-order valence-electron chi connectivity index (χ4n) is 3.50. The largest absolute Gasteiger partial charge is 0.455 e. The van der Waals surface area contributed by atoms with Crippen molar-refractivity contribution in [3.63, 3.8) is 0 Å². The van der Waals surface area contributed by atoms with Crippen molar-refractivity contribution in [3.05, 3.63) is 58.1 Å². The van der Waals surface area contributed by atoms with E-state index in [1.54, 1.807) is 37.9 Å². The highest BCUT2D eigenvalue weighted by Crippen LogP contribution is 2.37. The lowest BCUT2D eigenvalue weighted by Gasteiger charge is -2.30. The maximum absolute atomic E-state index is 14.8. The predicted octanol–water partition coefficient (Wildman–Crippen LogP) is 5.30. The number of allylic oxidation sites excluding steroid dienone is 1. The molecule has 2 aliphatic rings. The van der Waals surface area contributed by atoms with E-state index in [0.717, 1.165) is 16.8 Å². The summed E-state index contributed by atoms with van der Waals surface area (Å²) in [4.78, 5) is 12.1. The summed E-state index contributed by atoms with van der Waals surface area (Å²) in [5, 5.41) is 6.93. The number of hydrogen-bond acceptors (Lipinski definition) is 4. The molecule has 0 spiro atoms. The summed E-state index contributed by atoms with van der Waals surface area (Å²) in [6.07, 6.45) is 4.39. The number of fused-ring (bicyclic) bond motifs is 1. The van der Waals surface area contributed by atoms with Crippen molar-refractivity contribution >= 4 is 23.3 Å². The summed E-state index contributed by atoms with van der Waals surface area (Å²) < 4.78 is 34.5. The summed E-state index contributed by atoms with van der Waals surface area (Å²) >= 11 is 6.34. The number of carbonyl (C=O) groups is 1. The molecule has 0 saturated heterocycles. The lowest BCUT2D eigenvalue weighted by Crippen LogP contribution is -2.40. The minimum absolute atomic E-state index is 0.129. The Labute approximate surface area is 174 Å². The molecule has 1 aliphatic carbocycles. The van der Waals surface area contributed by atoms with E-state index in [-0.39, 0.29) is 11.5 Å². The highest BCUT2D eigenvalue weighted by Gasteiger charge is 2.48. The monoisotopic (exact) mass is 422 g/mol. The molecule has 0 aromatic heterocycles. The van der Waals surface area contributed by atoms with Gasteiger partial charge in [-0.1, -0.05) is 35.9 Å². The molecule has 0 radical (unpaired) electrons. The molecule has 1 aromatic rings. The minimum Gasteiger partial charge on any atom is -0.455 e. The first kappa shape index (κ1) is 21.5. The van der Waals surface area contributed by atoms with Gasteiger partial charge in [0.05, 0.1) is 12.6 Å². The quantitative estimate of drug-likeness (QED) is 0.618. The van der Waals surface area contributed by atoms with Gasteiger partial charge >= 0.3 is 11.9 Å². The Hall–Kier alpha value is -2.21. The van der Waals surface area contributed by atoms with Gasteiger partial charge in [-0.05, 0) is 57.9 Å². The number of hydrazone groups is 1. The van der Waals surface area contributed by atoms with Crippen LogP contribution in [0, 0.1) is 12.8 Å². The molecular formula is C22H25ClF2N2O2. The van der Waals surface area contributed by atoms with Crippen LogP contribution in [0.5, 0.6) is 0 Å². The van der Waals surface area contributed by atoms with Gasteiger partial charge in [-0.25, -0.2) is 4.79 Å². The van der Waals surface area contributed by atoms with Crippen LogP contribution in [0.25, 0.3) is 0 Å². The van der Waals surface area contributed by atoms with E-state index in [9.17, 15) is 13.6 Å². The van der Waals surface area contributed by atoms with Crippen LogP contribution in [0.1, 0.15) is 38.8 Å². The molecule has 7 heteroatoms. The maximum Gasteiger partial charge on any atom is 0.382 e. The van der Waals surface area contributed by atoms with Crippen LogP contribution in [-0.2, 0) is 16.1 Å². The Morgan fingerprint density at radius 1 is 1.28 bits per heavy atom. The Balaban J connectivity index is 1.88. The van der Waals surface area contributed by atoms with Crippen molar-refractivity contribution < 1.29 is 18.3 Å². The normalized spacial score (nSPS) is 21.6. The second kappa shape index (κ2) is 7.56. The zero-order valence-corrected chi connectivity index (χ0v) is 17.9. The highest BCUT2D eigenvalue weighted by molar-refractivity contribution is 6.31. The van der Waals surface area contributed by atoms with Crippen LogP contribution in [0.3, 0.4) is 0 Å². The zero-order valence-electron chi connectivity index (χ0n) is 17.2. The fraction of sp³-hybridized carbons (Fsp3) is 0.455. The number of rotatable bonds is 4. The summed E-state index contributed by atoms with van der Waals surface area (Å²) in [6, 6.07) is 5.20. The van der Waals surface area contributed by atoms with Crippen LogP contribution in [0.4, 0.5) is 8.78 Å². The molecule has 0 saturated carbocycles. The second-order valence-electron chi connectivity index (χ2n) is 8.45. The third kappa shape index (κ3) is 4.37. The van der Waals surface area contributed by atoms with E-state index in [1.807, 2.05) is 26.0 Å². The van der Waals surface area contributed by atoms with Gasteiger partial charge < -0.3 is 4.74 Å². The van der Waals surface area contributed by atoms with Crippen LogP contribution in [0.2, 0.25) is 5.02 Å². The van der Waals surface area contributed by atoms with Crippen LogP contribution in [-0.4, -0.2) is 34.3 Å². The van der Waals surface area contributed by atoms with Crippen LogP contribution in [0.15, 0.2) is 47.1 Å². The molecule has 3 rings (SSSR count). The first-order chi connectivity index (χ1) is 13.4. The van der Waals surface area contributed by atoms with Gasteiger partial charge in [-0.3, -0.25) is 5.01 Å². The molecule has 0 bridgehead atoms. The van der Waals surface area contributed by atoms with Crippen molar-refractivity contribution in [2.24, 2.45) is 11.0 Å². The molecule has 2 atom stereocenters. The van der Waals surface area contributed by atoms with Crippen molar-refractivity contribution in [2.45, 2.75) is 58.7 Å². The van der Waals surface area contributed by atoms with Crippen LogP contribution < -0.4 is 0 Å². The fourth-order valence-corrected chi connectivity index (χ4v) is 3.78. The van der Waals surface area contributed by atoms with E-state index < -0.39 is 23.5 Å². The molecular weight excluding hydrogens is 398 g/mol. The number of esters is 1. The van der Waals surface area contributed by atoms with E-state index in [4.69, 9.17) is 16.3 Å². The van der Waals surface area contributed by atoms with Crippen molar-refractivity contribution in [3.8, 4) is 0 Å². The number of nitrogens with zero attached hydrogens (tertiary/aromatic N) is 2. The molecule has 1 aromatic carbocycles. The topological polar surface area (TPSA) is 41.9 Å². The Bertz CT molecular complexity index is 896. The van der Waals surface area contributed by atoms with Gasteiger partial charge in [0.25, 0.3) is 0 Å². The SMILES string of the molecule is CC1=NN(Cc2c(C)cccc2Cl)C2C=C(C(F)(F)C(=O)OC(C)(C)C)C=CC12. The molecule has 0 N–H and O–H groups in total. The van der Waals surface area contributed by atoms with Crippen molar-refractivity contribution in [1.82, 2.24) is 5.01 Å². The van der Waals surface area contributed by atoms with Gasteiger partial charge in [0.2, 0.25) is 0 Å². The molecule has 29 heavy (non-hydrogen) atoms. The molecule has 4 nitrogen and oxygen atoms in total. The standard InChI is InChI=1S/C22H25ClF2N2O2/c1-13-7-6-8-18(23)17(13)12-27-19-11-15(9-10-16(19)14(2)26-27)22(24,25)20(28)29-21(3,4)5/h6-11,16,19H,12H2,1-5H3. The summed E-state index contributed by atoms with van der Waals surface area (Å²) in [5.41, 5.74) is 1.35. The average Bonchev–Trinajstić information content (AvgIpc) is 2.92. The Kier molecular flexibility index (Phi) is 5.60. The molecule has 0 amide bonds. The number of halogens is 3. The lowest BCUT2D eigenvalue weighted by molar-refractivity contribution is -0.177. The number of hydrogen-bond donors (Lipinski definition) is 0. The van der Waals surface area contributed by atoms with E-state index >= 15 is 0 Å². The Morgan fingerprint density at radius 2 is 1.97 bits per heavy atom. The van der Waals surface area contributed by atoms with Crippen molar-refractivity contribution in [1.29, 1.82) is 0 Å². The third-order valence-corrected chi connectivity index (χ3v) is 5.36. The minimum atomic E-state index is -3.74. The molecule has 1 heterocycles. The van der Waals surface area contributed by atoms with Crippen LogP contribution >= 0.6 is 11.6 Å². The van der Waals surface area contributed by atoms with Gasteiger partial charge in [-0.15, -0.1) is 0 Å². The first-order valence-corrected chi connectivity index (χ1v) is 9.85. The van der Waals surface area contributed by atoms with Gasteiger partial charge in [-0.2, -0.15) is 13.9 Å². The lowest BCUT2D eigenvalue weighted by atomic mass is 9.87. The van der Waals surface area contributed by atoms with E-state index in [1.165, 1.54) is 12.2 Å².